The summed E-state index contributed by atoms with van der Waals surface area (Å²) in [5.74, 6) is 0.451. The van der Waals surface area contributed by atoms with Crippen LogP contribution < -0.4 is 10.6 Å². The number of hydrogen-bond acceptors (Lipinski definition) is 6. The minimum atomic E-state index is -0.610. The number of pyridine rings is 1. The normalized spacial score (nSPS) is 18.0. The lowest BCUT2D eigenvalue weighted by Crippen LogP contribution is -2.42. The summed E-state index contributed by atoms with van der Waals surface area (Å²) in [7, 11) is 0. The molecule has 1 atom stereocenters. The molecule has 4 rings (SSSR count). The maximum absolute atomic E-state index is 12.4. The lowest BCUT2D eigenvalue weighted by molar-refractivity contribution is 0.0209. The van der Waals surface area contributed by atoms with Crippen LogP contribution in [0.1, 0.15) is 21.5 Å². The number of rotatable bonds is 7. The fraction of sp³-hybridized carbons (Fsp3) is 0.429. The first kappa shape index (κ1) is 18.9. The van der Waals surface area contributed by atoms with Crippen LogP contribution in [-0.4, -0.2) is 65.9 Å². The number of ether oxygens (including phenoxy) is 1. The van der Waals surface area contributed by atoms with E-state index in [1.807, 2.05) is 0 Å². The number of carbonyl (C=O) groups excluding carboxylic acids is 1. The number of nitrogens with zero attached hydrogens (tertiary/aromatic N) is 2. The first-order valence-electron chi connectivity index (χ1n) is 9.73. The van der Waals surface area contributed by atoms with Crippen molar-refractivity contribution in [1.29, 1.82) is 0 Å². The molecule has 1 unspecified atom stereocenters. The fourth-order valence-electron chi connectivity index (χ4n) is 3.56. The van der Waals surface area contributed by atoms with Gasteiger partial charge in [-0.05, 0) is 29.7 Å². The third-order valence-corrected chi connectivity index (χ3v) is 5.19. The van der Waals surface area contributed by atoms with Crippen LogP contribution >= 0.6 is 0 Å². The summed E-state index contributed by atoms with van der Waals surface area (Å²) in [5.41, 5.74) is 3.23. The van der Waals surface area contributed by atoms with Crippen LogP contribution in [0.15, 0.2) is 42.6 Å². The van der Waals surface area contributed by atoms with E-state index in [2.05, 4.69) is 44.8 Å². The number of benzene rings is 1. The van der Waals surface area contributed by atoms with E-state index in [0.29, 0.717) is 31.1 Å². The lowest BCUT2D eigenvalue weighted by atomic mass is 10.00. The van der Waals surface area contributed by atoms with Gasteiger partial charge >= 0.3 is 0 Å². The summed E-state index contributed by atoms with van der Waals surface area (Å²) in [6, 6.07) is 12.1. The Hall–Kier alpha value is -2.48. The zero-order valence-electron chi connectivity index (χ0n) is 15.8. The SMILES string of the molecule is O=C(NCC(O)CN1CCc2ccccc2C1)c1ccnc(NC2COC2)c1. The van der Waals surface area contributed by atoms with Crippen molar-refractivity contribution in [2.24, 2.45) is 0 Å². The predicted octanol–water partition coefficient (Wildman–Crippen LogP) is 1.04. The molecular formula is C21H26N4O3. The zero-order chi connectivity index (χ0) is 19.3. The van der Waals surface area contributed by atoms with Crippen LogP contribution in [0.5, 0.6) is 0 Å². The Labute approximate surface area is 164 Å². The molecule has 7 nitrogen and oxygen atoms in total. The third-order valence-electron chi connectivity index (χ3n) is 5.19. The minimum Gasteiger partial charge on any atom is -0.390 e. The largest absolute Gasteiger partial charge is 0.390 e. The number of hydrogen-bond donors (Lipinski definition) is 3. The number of aliphatic hydroxyl groups is 1. The van der Waals surface area contributed by atoms with Crippen molar-refractivity contribution in [2.75, 3.05) is 38.2 Å². The van der Waals surface area contributed by atoms with Gasteiger partial charge in [0.2, 0.25) is 0 Å². The Morgan fingerprint density at radius 3 is 2.89 bits per heavy atom. The second kappa shape index (κ2) is 8.68. The van der Waals surface area contributed by atoms with Gasteiger partial charge < -0.3 is 20.5 Å². The molecule has 1 saturated heterocycles. The minimum absolute atomic E-state index is 0.210. The molecule has 0 aliphatic carbocycles. The first-order valence-corrected chi connectivity index (χ1v) is 9.73. The van der Waals surface area contributed by atoms with Gasteiger partial charge in [-0.2, -0.15) is 0 Å². The van der Waals surface area contributed by atoms with E-state index in [1.165, 1.54) is 11.1 Å². The molecule has 2 aliphatic heterocycles. The Balaban J connectivity index is 1.25. The van der Waals surface area contributed by atoms with Gasteiger partial charge in [0.15, 0.2) is 0 Å². The van der Waals surface area contributed by atoms with Crippen LogP contribution in [0, 0.1) is 0 Å². The molecule has 1 aromatic heterocycles. The van der Waals surface area contributed by atoms with Crippen LogP contribution in [0.3, 0.4) is 0 Å². The smallest absolute Gasteiger partial charge is 0.251 e. The molecule has 2 aromatic rings. The third kappa shape index (κ3) is 4.67. The molecule has 0 radical (unpaired) electrons. The number of aliphatic hydroxyl groups excluding tert-OH is 1. The molecule has 1 aromatic carbocycles. The summed E-state index contributed by atoms with van der Waals surface area (Å²) in [6.07, 6.45) is 1.99. The molecule has 1 amide bonds. The highest BCUT2D eigenvalue weighted by molar-refractivity contribution is 5.94. The van der Waals surface area contributed by atoms with Crippen molar-refractivity contribution in [3.8, 4) is 0 Å². The number of aromatic nitrogens is 1. The Bertz CT molecular complexity index is 825. The summed E-state index contributed by atoms with van der Waals surface area (Å²) in [6.45, 7) is 3.84. The van der Waals surface area contributed by atoms with Crippen LogP contribution in [0.4, 0.5) is 5.82 Å². The number of fused-ring (bicyclic) bond motifs is 1. The highest BCUT2D eigenvalue weighted by atomic mass is 16.5. The van der Waals surface area contributed by atoms with E-state index in [9.17, 15) is 9.90 Å². The van der Waals surface area contributed by atoms with Gasteiger partial charge in [-0.3, -0.25) is 9.69 Å². The van der Waals surface area contributed by atoms with E-state index >= 15 is 0 Å². The van der Waals surface area contributed by atoms with Crippen LogP contribution in [0.2, 0.25) is 0 Å². The van der Waals surface area contributed by atoms with Crippen molar-refractivity contribution in [3.05, 3.63) is 59.3 Å². The predicted molar refractivity (Wildman–Crippen MR) is 106 cm³/mol. The van der Waals surface area contributed by atoms with E-state index in [0.717, 1.165) is 19.5 Å². The average Bonchev–Trinajstić information content (AvgIpc) is 2.69. The van der Waals surface area contributed by atoms with Crippen molar-refractivity contribution in [3.63, 3.8) is 0 Å². The van der Waals surface area contributed by atoms with E-state index < -0.39 is 6.10 Å². The van der Waals surface area contributed by atoms with E-state index in [1.54, 1.807) is 18.3 Å². The Kier molecular flexibility index (Phi) is 5.85. The van der Waals surface area contributed by atoms with Crippen molar-refractivity contribution < 1.29 is 14.6 Å². The maximum atomic E-state index is 12.4. The van der Waals surface area contributed by atoms with Crippen molar-refractivity contribution in [2.45, 2.75) is 25.1 Å². The molecule has 3 heterocycles. The molecular weight excluding hydrogens is 356 g/mol. The molecule has 0 spiro atoms. The van der Waals surface area contributed by atoms with Crippen molar-refractivity contribution >= 4 is 11.7 Å². The Morgan fingerprint density at radius 1 is 1.29 bits per heavy atom. The highest BCUT2D eigenvalue weighted by Gasteiger charge is 2.20. The van der Waals surface area contributed by atoms with Gasteiger partial charge in [0, 0.05) is 37.9 Å². The summed E-state index contributed by atoms with van der Waals surface area (Å²) in [5, 5.41) is 16.4. The van der Waals surface area contributed by atoms with Gasteiger partial charge in [-0.1, -0.05) is 24.3 Å². The van der Waals surface area contributed by atoms with Gasteiger partial charge in [-0.25, -0.2) is 4.98 Å². The standard InChI is InChI=1S/C21H26N4O3/c26-19(12-25-8-6-15-3-1-2-4-17(15)11-25)10-23-21(27)16-5-7-22-20(9-16)24-18-13-28-14-18/h1-5,7,9,18-19,26H,6,8,10-14H2,(H,22,24)(H,23,27). The zero-order valence-corrected chi connectivity index (χ0v) is 15.8. The number of amides is 1. The molecule has 0 bridgehead atoms. The quantitative estimate of drug-likeness (QED) is 0.663. The first-order chi connectivity index (χ1) is 13.7. The maximum Gasteiger partial charge on any atom is 0.251 e. The monoisotopic (exact) mass is 382 g/mol. The van der Waals surface area contributed by atoms with Crippen LogP contribution in [0.25, 0.3) is 0 Å². The lowest BCUT2D eigenvalue weighted by Gasteiger charge is -2.30. The second-order valence-corrected chi connectivity index (χ2v) is 7.43. The van der Waals surface area contributed by atoms with Crippen molar-refractivity contribution in [1.82, 2.24) is 15.2 Å². The van der Waals surface area contributed by atoms with Gasteiger partial charge in [0.25, 0.3) is 5.91 Å². The van der Waals surface area contributed by atoms with E-state index in [4.69, 9.17) is 4.74 Å². The fourth-order valence-corrected chi connectivity index (χ4v) is 3.56. The summed E-state index contributed by atoms with van der Waals surface area (Å²) in [4.78, 5) is 18.9. The summed E-state index contributed by atoms with van der Waals surface area (Å²) < 4.78 is 5.13. The number of β-amino-alcohol motifs (C(OH)–C–C–N with tert-alkyl or cyclic N) is 1. The Morgan fingerprint density at radius 2 is 2.11 bits per heavy atom. The van der Waals surface area contributed by atoms with Gasteiger partial charge in [-0.15, -0.1) is 0 Å². The molecule has 148 valence electrons. The molecule has 7 heteroatoms. The number of nitrogens with one attached hydrogen (secondary N) is 2. The number of carbonyl (C=O) groups is 1. The van der Waals surface area contributed by atoms with E-state index in [-0.39, 0.29) is 18.5 Å². The van der Waals surface area contributed by atoms with Crippen LogP contribution in [-0.2, 0) is 17.7 Å². The molecule has 1 fully saturated rings. The molecule has 0 saturated carbocycles. The second-order valence-electron chi connectivity index (χ2n) is 7.43. The van der Waals surface area contributed by atoms with Gasteiger partial charge in [0.1, 0.15) is 5.82 Å². The molecule has 2 aliphatic rings. The van der Waals surface area contributed by atoms with Gasteiger partial charge in [0.05, 0.1) is 25.4 Å². The number of anilines is 1. The highest BCUT2D eigenvalue weighted by Crippen LogP contribution is 2.18. The molecule has 28 heavy (non-hydrogen) atoms. The molecule has 3 N–H and O–H groups in total. The summed E-state index contributed by atoms with van der Waals surface area (Å²) >= 11 is 0. The average molecular weight is 382 g/mol. The topological polar surface area (TPSA) is 86.7 Å².